The van der Waals surface area contributed by atoms with Crippen LogP contribution in [0.1, 0.15) is 52.3 Å². The standard InChI is InChI=1S/C25H29N3O3S.2ClH/c1-14(2)9-21-19(11-26)24(17-7-5-15(3)6-8-17)18(16(4)27-21)10-23(29)28-22-13-32-12-20(22)25(30)31;;/h5-8,12-14H,9-11,26H2,1-4H3,(H,28,29)(H,30,31);2*1H. The molecule has 9 heteroatoms. The van der Waals surface area contributed by atoms with Gasteiger partial charge in [0, 0.05) is 28.7 Å². The van der Waals surface area contributed by atoms with E-state index >= 15 is 0 Å². The first-order valence-corrected chi connectivity index (χ1v) is 11.5. The predicted molar refractivity (Wildman–Crippen MR) is 144 cm³/mol. The number of carbonyl (C=O) groups excluding carboxylic acids is 1. The summed E-state index contributed by atoms with van der Waals surface area (Å²) in [4.78, 5) is 29.2. The third-order valence-electron chi connectivity index (χ3n) is 5.34. The van der Waals surface area contributed by atoms with Crippen molar-refractivity contribution in [2.45, 2.75) is 47.1 Å². The van der Waals surface area contributed by atoms with Gasteiger partial charge in [-0.25, -0.2) is 4.79 Å². The fraction of sp³-hybridized carbons (Fsp3) is 0.320. The van der Waals surface area contributed by atoms with Crippen LogP contribution in [0.5, 0.6) is 0 Å². The first kappa shape index (κ1) is 29.6. The fourth-order valence-electron chi connectivity index (χ4n) is 3.82. The zero-order valence-corrected chi connectivity index (χ0v) is 22.1. The number of rotatable bonds is 8. The minimum atomic E-state index is -1.07. The van der Waals surface area contributed by atoms with E-state index in [0.29, 0.717) is 18.2 Å². The van der Waals surface area contributed by atoms with Crippen LogP contribution in [0.3, 0.4) is 0 Å². The Hall–Kier alpha value is -2.45. The number of carbonyl (C=O) groups is 2. The number of amides is 1. The van der Waals surface area contributed by atoms with E-state index in [0.717, 1.165) is 45.6 Å². The predicted octanol–water partition coefficient (Wildman–Crippen LogP) is 5.81. The molecule has 0 fully saturated rings. The molecule has 6 nitrogen and oxygen atoms in total. The molecule has 184 valence electrons. The second kappa shape index (κ2) is 12.9. The van der Waals surface area contributed by atoms with Crippen molar-refractivity contribution >= 4 is 53.7 Å². The van der Waals surface area contributed by atoms with Crippen molar-refractivity contribution in [3.63, 3.8) is 0 Å². The molecule has 0 aliphatic rings. The molecule has 2 aromatic heterocycles. The van der Waals surface area contributed by atoms with E-state index in [1.165, 1.54) is 16.7 Å². The number of hydrogen-bond donors (Lipinski definition) is 3. The Morgan fingerprint density at radius 1 is 1.09 bits per heavy atom. The Labute approximate surface area is 216 Å². The number of carboxylic acid groups (broad SMARTS) is 1. The summed E-state index contributed by atoms with van der Waals surface area (Å²) in [5.41, 5.74) is 13.2. The van der Waals surface area contributed by atoms with Crippen molar-refractivity contribution < 1.29 is 14.7 Å². The average Bonchev–Trinajstić information content (AvgIpc) is 3.18. The van der Waals surface area contributed by atoms with Gasteiger partial charge in [0.25, 0.3) is 0 Å². The molecule has 0 atom stereocenters. The van der Waals surface area contributed by atoms with Gasteiger partial charge in [0.05, 0.1) is 17.7 Å². The molecule has 1 aromatic carbocycles. The minimum Gasteiger partial charge on any atom is -0.478 e. The maximum absolute atomic E-state index is 12.9. The highest BCUT2D eigenvalue weighted by atomic mass is 35.5. The first-order chi connectivity index (χ1) is 15.2. The highest BCUT2D eigenvalue weighted by molar-refractivity contribution is 7.08. The number of carboxylic acids is 1. The van der Waals surface area contributed by atoms with Crippen molar-refractivity contribution in [2.75, 3.05) is 5.32 Å². The highest BCUT2D eigenvalue weighted by Crippen LogP contribution is 2.33. The Morgan fingerprint density at radius 3 is 2.29 bits per heavy atom. The van der Waals surface area contributed by atoms with Gasteiger partial charge in [-0.05, 0) is 48.4 Å². The summed E-state index contributed by atoms with van der Waals surface area (Å²) >= 11 is 1.24. The van der Waals surface area contributed by atoms with Crippen LogP contribution in [0.4, 0.5) is 5.69 Å². The molecule has 0 radical (unpaired) electrons. The number of benzene rings is 1. The van der Waals surface area contributed by atoms with Crippen LogP contribution in [0.25, 0.3) is 11.1 Å². The average molecular weight is 525 g/mol. The van der Waals surface area contributed by atoms with Gasteiger partial charge in [-0.2, -0.15) is 0 Å². The number of aryl methyl sites for hydroxylation is 2. The Balaban J connectivity index is 0.00000289. The SMILES string of the molecule is Cc1ccc(-c2c(CC(=O)Nc3cscc3C(=O)O)c(C)nc(CC(C)C)c2CN)cc1.Cl.Cl. The van der Waals surface area contributed by atoms with Crippen LogP contribution in [0.15, 0.2) is 35.0 Å². The molecular weight excluding hydrogens is 493 g/mol. The topological polar surface area (TPSA) is 105 Å². The minimum absolute atomic E-state index is 0. The molecule has 0 saturated carbocycles. The largest absolute Gasteiger partial charge is 0.478 e. The number of nitrogens with zero attached hydrogens (tertiary/aromatic N) is 1. The van der Waals surface area contributed by atoms with Crippen molar-refractivity contribution in [3.8, 4) is 11.1 Å². The summed E-state index contributed by atoms with van der Waals surface area (Å²) in [6.45, 7) is 8.56. The summed E-state index contributed by atoms with van der Waals surface area (Å²) in [6.07, 6.45) is 0.876. The monoisotopic (exact) mass is 523 g/mol. The van der Waals surface area contributed by atoms with Crippen LogP contribution in [0, 0.1) is 19.8 Å². The lowest BCUT2D eigenvalue weighted by Gasteiger charge is -2.21. The van der Waals surface area contributed by atoms with E-state index in [4.69, 9.17) is 10.7 Å². The van der Waals surface area contributed by atoms with E-state index < -0.39 is 5.97 Å². The highest BCUT2D eigenvalue weighted by Gasteiger charge is 2.22. The molecule has 3 rings (SSSR count). The molecule has 3 aromatic rings. The molecule has 0 bridgehead atoms. The molecule has 2 heterocycles. The molecule has 0 aliphatic carbocycles. The smallest absolute Gasteiger partial charge is 0.338 e. The summed E-state index contributed by atoms with van der Waals surface area (Å²) in [5.74, 6) is -0.938. The third kappa shape index (κ3) is 6.79. The maximum atomic E-state index is 12.9. The van der Waals surface area contributed by atoms with E-state index in [1.807, 2.05) is 38.1 Å². The van der Waals surface area contributed by atoms with E-state index in [1.54, 1.807) is 5.38 Å². The normalized spacial score (nSPS) is 10.4. The van der Waals surface area contributed by atoms with Gasteiger partial charge in [0.2, 0.25) is 5.91 Å². The Morgan fingerprint density at radius 2 is 1.74 bits per heavy atom. The van der Waals surface area contributed by atoms with Crippen molar-refractivity contribution in [3.05, 3.63) is 68.7 Å². The molecule has 1 amide bonds. The Bertz CT molecular complexity index is 1150. The summed E-state index contributed by atoms with van der Waals surface area (Å²) < 4.78 is 0. The van der Waals surface area contributed by atoms with Crippen molar-refractivity contribution in [2.24, 2.45) is 11.7 Å². The number of nitrogens with one attached hydrogen (secondary N) is 1. The van der Waals surface area contributed by atoms with Crippen LogP contribution in [0.2, 0.25) is 0 Å². The lowest BCUT2D eigenvalue weighted by molar-refractivity contribution is -0.115. The summed E-state index contributed by atoms with van der Waals surface area (Å²) in [7, 11) is 0. The molecule has 0 unspecified atom stereocenters. The van der Waals surface area contributed by atoms with Crippen molar-refractivity contribution in [1.29, 1.82) is 0 Å². The van der Waals surface area contributed by atoms with Gasteiger partial charge in [-0.1, -0.05) is 43.7 Å². The lowest BCUT2D eigenvalue weighted by Crippen LogP contribution is -2.19. The number of aromatic carboxylic acids is 1. The quantitative estimate of drug-likeness (QED) is 0.345. The van der Waals surface area contributed by atoms with Gasteiger partial charge in [0.15, 0.2) is 0 Å². The fourth-order valence-corrected chi connectivity index (χ4v) is 4.57. The molecule has 0 spiro atoms. The molecule has 34 heavy (non-hydrogen) atoms. The van der Waals surface area contributed by atoms with Crippen LogP contribution >= 0.6 is 36.2 Å². The van der Waals surface area contributed by atoms with Crippen LogP contribution in [-0.2, 0) is 24.2 Å². The van der Waals surface area contributed by atoms with E-state index in [-0.39, 0.29) is 42.7 Å². The van der Waals surface area contributed by atoms with Gasteiger partial charge < -0.3 is 16.2 Å². The second-order valence-corrected chi connectivity index (χ2v) is 9.12. The van der Waals surface area contributed by atoms with Gasteiger partial charge in [0.1, 0.15) is 0 Å². The third-order valence-corrected chi connectivity index (χ3v) is 6.08. The lowest BCUT2D eigenvalue weighted by atomic mass is 9.88. The van der Waals surface area contributed by atoms with Crippen LogP contribution in [-0.4, -0.2) is 22.0 Å². The van der Waals surface area contributed by atoms with Crippen LogP contribution < -0.4 is 11.1 Å². The zero-order valence-electron chi connectivity index (χ0n) is 19.7. The Kier molecular flexibility index (Phi) is 11.2. The number of nitrogens with two attached hydrogens (primary N) is 1. The molecular formula is C25H31Cl2N3O3S. The zero-order chi connectivity index (χ0) is 23.4. The molecule has 4 N–H and O–H groups in total. The van der Waals surface area contributed by atoms with Crippen molar-refractivity contribution in [1.82, 2.24) is 4.98 Å². The second-order valence-electron chi connectivity index (χ2n) is 8.37. The number of pyridine rings is 1. The number of halogens is 2. The molecule has 0 saturated heterocycles. The van der Waals surface area contributed by atoms with E-state index in [9.17, 15) is 14.7 Å². The summed E-state index contributed by atoms with van der Waals surface area (Å²) in [5, 5.41) is 15.2. The number of hydrogen-bond acceptors (Lipinski definition) is 5. The van der Waals surface area contributed by atoms with Gasteiger partial charge in [-0.3, -0.25) is 9.78 Å². The maximum Gasteiger partial charge on any atom is 0.338 e. The van der Waals surface area contributed by atoms with E-state index in [2.05, 4.69) is 19.2 Å². The number of thiophene rings is 1. The summed E-state index contributed by atoms with van der Waals surface area (Å²) in [6, 6.07) is 8.18. The first-order valence-electron chi connectivity index (χ1n) is 10.6. The van der Waals surface area contributed by atoms with Gasteiger partial charge >= 0.3 is 5.97 Å². The number of anilines is 1. The number of aromatic nitrogens is 1. The van der Waals surface area contributed by atoms with Gasteiger partial charge in [-0.15, -0.1) is 36.2 Å². The molecule has 0 aliphatic heterocycles.